The highest BCUT2D eigenvalue weighted by Crippen LogP contribution is 2.29. The molecule has 0 saturated heterocycles. The minimum Gasteiger partial charge on any atom is -0.493 e. The second-order valence-electron chi connectivity index (χ2n) is 5.31. The predicted octanol–water partition coefficient (Wildman–Crippen LogP) is 4.01. The van der Waals surface area contributed by atoms with Crippen LogP contribution in [0.1, 0.15) is 12.5 Å². The van der Waals surface area contributed by atoms with E-state index in [0.717, 1.165) is 5.56 Å². The molecular weight excluding hydrogens is 311 g/mol. The minimum absolute atomic E-state index is 0.328. The van der Waals surface area contributed by atoms with Gasteiger partial charge in [0, 0.05) is 19.2 Å². The molecule has 0 amide bonds. The molecule has 0 saturated carbocycles. The van der Waals surface area contributed by atoms with Gasteiger partial charge in [-0.25, -0.2) is 4.39 Å². The number of oxazole rings is 1. The Morgan fingerprint density at radius 1 is 1.08 bits per heavy atom. The summed E-state index contributed by atoms with van der Waals surface area (Å²) in [6.45, 7) is 3.30. The zero-order valence-corrected chi connectivity index (χ0v) is 13.9. The van der Waals surface area contributed by atoms with Crippen LogP contribution in [0.4, 0.5) is 10.4 Å². The molecule has 2 aromatic carbocycles. The van der Waals surface area contributed by atoms with E-state index in [1.807, 2.05) is 30.0 Å². The van der Waals surface area contributed by atoms with Gasteiger partial charge in [-0.2, -0.15) is 4.98 Å². The molecule has 0 spiro atoms. The van der Waals surface area contributed by atoms with E-state index in [9.17, 15) is 4.39 Å². The number of fused-ring (bicyclic) bond motifs is 1. The van der Waals surface area contributed by atoms with Gasteiger partial charge in [0.25, 0.3) is 6.01 Å². The Morgan fingerprint density at radius 3 is 2.58 bits per heavy atom. The normalized spacial score (nSPS) is 10.8. The molecule has 0 fully saturated rings. The predicted molar refractivity (Wildman–Crippen MR) is 90.2 cm³/mol. The third kappa shape index (κ3) is 3.13. The second-order valence-corrected chi connectivity index (χ2v) is 5.31. The molecule has 0 unspecified atom stereocenters. The van der Waals surface area contributed by atoms with Crippen molar-refractivity contribution in [1.82, 2.24) is 4.98 Å². The first-order valence-corrected chi connectivity index (χ1v) is 7.66. The first-order chi connectivity index (χ1) is 11.6. The van der Waals surface area contributed by atoms with E-state index in [2.05, 4.69) is 4.98 Å². The number of ether oxygens (including phenoxy) is 2. The van der Waals surface area contributed by atoms with Gasteiger partial charge < -0.3 is 18.8 Å². The van der Waals surface area contributed by atoms with Crippen molar-refractivity contribution in [3.63, 3.8) is 0 Å². The molecule has 0 aliphatic heterocycles. The maximum Gasteiger partial charge on any atom is 0.298 e. The maximum absolute atomic E-state index is 13.3. The van der Waals surface area contributed by atoms with Crippen molar-refractivity contribution in [2.24, 2.45) is 0 Å². The zero-order chi connectivity index (χ0) is 17.1. The maximum atomic E-state index is 13.3. The van der Waals surface area contributed by atoms with Gasteiger partial charge in [0.15, 0.2) is 17.1 Å². The molecule has 3 aromatic rings. The molecule has 1 heterocycles. The lowest BCUT2D eigenvalue weighted by Gasteiger charge is -2.19. The number of nitrogens with zero attached hydrogens (tertiary/aromatic N) is 2. The highest BCUT2D eigenvalue weighted by molar-refractivity contribution is 5.74. The third-order valence-corrected chi connectivity index (χ3v) is 3.81. The van der Waals surface area contributed by atoms with Crippen LogP contribution in [-0.2, 0) is 6.54 Å². The number of methoxy groups -OCH3 is 2. The molecule has 126 valence electrons. The molecule has 0 atom stereocenters. The molecular formula is C18H19FN2O3. The van der Waals surface area contributed by atoms with E-state index in [-0.39, 0.29) is 5.82 Å². The van der Waals surface area contributed by atoms with Crippen LogP contribution in [0.15, 0.2) is 40.8 Å². The van der Waals surface area contributed by atoms with Crippen molar-refractivity contribution in [3.05, 3.63) is 47.8 Å². The topological polar surface area (TPSA) is 47.7 Å². The molecule has 5 nitrogen and oxygen atoms in total. The van der Waals surface area contributed by atoms with Crippen molar-refractivity contribution in [1.29, 1.82) is 0 Å². The summed E-state index contributed by atoms with van der Waals surface area (Å²) in [5.74, 6) is 1.03. The Labute approximate surface area is 139 Å². The summed E-state index contributed by atoms with van der Waals surface area (Å²) in [6.07, 6.45) is 0. The van der Waals surface area contributed by atoms with Gasteiger partial charge >= 0.3 is 0 Å². The van der Waals surface area contributed by atoms with Gasteiger partial charge in [0.2, 0.25) is 0 Å². The fourth-order valence-corrected chi connectivity index (χ4v) is 2.54. The standard InChI is InChI=1S/C18H19FN2O3/c1-4-21(11-12-5-7-16(22-2)17(9-12)23-3)18-20-14-10-13(19)6-8-15(14)24-18/h5-10H,4,11H2,1-3H3. The molecule has 0 radical (unpaired) electrons. The first-order valence-electron chi connectivity index (χ1n) is 7.66. The molecule has 1 aromatic heterocycles. The van der Waals surface area contributed by atoms with Crippen LogP contribution in [0, 0.1) is 5.82 Å². The number of anilines is 1. The van der Waals surface area contributed by atoms with Crippen molar-refractivity contribution in [2.75, 3.05) is 25.7 Å². The van der Waals surface area contributed by atoms with Crippen molar-refractivity contribution < 1.29 is 18.3 Å². The third-order valence-electron chi connectivity index (χ3n) is 3.81. The number of rotatable bonds is 6. The smallest absolute Gasteiger partial charge is 0.298 e. The van der Waals surface area contributed by atoms with Gasteiger partial charge in [-0.1, -0.05) is 6.07 Å². The van der Waals surface area contributed by atoms with Crippen molar-refractivity contribution in [2.45, 2.75) is 13.5 Å². The SMILES string of the molecule is CCN(Cc1ccc(OC)c(OC)c1)c1nc2cc(F)ccc2o1. The van der Waals surface area contributed by atoms with Crippen LogP contribution < -0.4 is 14.4 Å². The highest BCUT2D eigenvalue weighted by atomic mass is 19.1. The minimum atomic E-state index is -0.328. The van der Waals surface area contributed by atoms with Crippen LogP contribution in [0.2, 0.25) is 0 Å². The number of hydrogen-bond donors (Lipinski definition) is 0. The van der Waals surface area contributed by atoms with Crippen LogP contribution in [0.5, 0.6) is 11.5 Å². The van der Waals surface area contributed by atoms with E-state index in [1.165, 1.54) is 12.1 Å². The Kier molecular flexibility index (Phi) is 4.55. The quantitative estimate of drug-likeness (QED) is 0.683. The Hall–Kier alpha value is -2.76. The van der Waals surface area contributed by atoms with Crippen molar-refractivity contribution >= 4 is 17.1 Å². The number of halogens is 1. The Balaban J connectivity index is 1.88. The summed E-state index contributed by atoms with van der Waals surface area (Å²) >= 11 is 0. The molecule has 24 heavy (non-hydrogen) atoms. The molecule has 0 N–H and O–H groups in total. The van der Waals surface area contributed by atoms with Crippen LogP contribution >= 0.6 is 0 Å². The first kappa shape index (κ1) is 16.1. The average molecular weight is 330 g/mol. The monoisotopic (exact) mass is 330 g/mol. The van der Waals surface area contributed by atoms with E-state index in [1.54, 1.807) is 20.3 Å². The van der Waals surface area contributed by atoms with Crippen LogP contribution in [0.25, 0.3) is 11.1 Å². The van der Waals surface area contributed by atoms with Gasteiger partial charge in [0.05, 0.1) is 14.2 Å². The molecule has 0 bridgehead atoms. The summed E-state index contributed by atoms with van der Waals surface area (Å²) in [6, 6.07) is 10.5. The molecule has 0 aliphatic carbocycles. The molecule has 0 aliphatic rings. The largest absolute Gasteiger partial charge is 0.493 e. The summed E-state index contributed by atoms with van der Waals surface area (Å²) in [5.41, 5.74) is 2.11. The second kappa shape index (κ2) is 6.78. The van der Waals surface area contributed by atoms with Crippen molar-refractivity contribution in [3.8, 4) is 11.5 Å². The average Bonchev–Trinajstić information content (AvgIpc) is 3.02. The van der Waals surface area contributed by atoms with Crippen LogP contribution in [-0.4, -0.2) is 25.7 Å². The van der Waals surface area contributed by atoms with Gasteiger partial charge in [-0.15, -0.1) is 0 Å². The van der Waals surface area contributed by atoms with Crippen LogP contribution in [0.3, 0.4) is 0 Å². The van der Waals surface area contributed by atoms with Gasteiger partial charge in [0.1, 0.15) is 11.3 Å². The summed E-state index contributed by atoms with van der Waals surface area (Å²) < 4.78 is 29.6. The lowest BCUT2D eigenvalue weighted by Crippen LogP contribution is -2.22. The van der Waals surface area contributed by atoms with Gasteiger partial charge in [-0.05, 0) is 36.8 Å². The lowest BCUT2D eigenvalue weighted by molar-refractivity contribution is 0.354. The Morgan fingerprint density at radius 2 is 1.88 bits per heavy atom. The Bertz CT molecular complexity index is 847. The number of aromatic nitrogens is 1. The van der Waals surface area contributed by atoms with E-state index in [4.69, 9.17) is 13.9 Å². The molecule has 3 rings (SSSR count). The number of hydrogen-bond acceptors (Lipinski definition) is 5. The fraction of sp³-hybridized carbons (Fsp3) is 0.278. The molecule has 6 heteroatoms. The van der Waals surface area contributed by atoms with E-state index >= 15 is 0 Å². The lowest BCUT2D eigenvalue weighted by atomic mass is 10.2. The number of benzene rings is 2. The summed E-state index contributed by atoms with van der Waals surface area (Å²) in [4.78, 5) is 6.35. The van der Waals surface area contributed by atoms with Gasteiger partial charge in [-0.3, -0.25) is 0 Å². The zero-order valence-electron chi connectivity index (χ0n) is 13.9. The fourth-order valence-electron chi connectivity index (χ4n) is 2.54. The summed E-state index contributed by atoms with van der Waals surface area (Å²) in [5, 5.41) is 0. The highest BCUT2D eigenvalue weighted by Gasteiger charge is 2.15. The van der Waals surface area contributed by atoms with E-state index < -0.39 is 0 Å². The summed E-state index contributed by atoms with van der Waals surface area (Å²) in [7, 11) is 3.21. The van der Waals surface area contributed by atoms with E-state index in [0.29, 0.717) is 41.7 Å².